The molecule has 1 aromatic rings. The molecule has 3 nitrogen and oxygen atoms in total. The van der Waals surface area contributed by atoms with E-state index in [0.29, 0.717) is 5.41 Å². The molecule has 0 unspecified atom stereocenters. The van der Waals surface area contributed by atoms with Crippen LogP contribution in [0, 0.1) is 17.7 Å². The van der Waals surface area contributed by atoms with Crippen LogP contribution in [0.15, 0.2) is 18.2 Å². The molecule has 0 saturated carbocycles. The average molecular weight is 259 g/mol. The van der Waals surface area contributed by atoms with Crippen LogP contribution < -0.4 is 5.73 Å². The Labute approximate surface area is 116 Å². The molecule has 104 valence electrons. The monoisotopic (exact) mass is 259 g/mol. The number of aryl methyl sites for hydroxylation is 1. The number of amidine groups is 1. The number of likely N-dealkylation sites (tertiary alicyclic amines) is 1. The second kappa shape index (κ2) is 5.33. The van der Waals surface area contributed by atoms with E-state index in [9.17, 15) is 0 Å². The Bertz CT molecular complexity index is 467. The molecular formula is C16H25N3. The van der Waals surface area contributed by atoms with Crippen molar-refractivity contribution in [2.75, 3.05) is 13.1 Å². The molecule has 0 bridgehead atoms. The average Bonchev–Trinajstić information content (AvgIpc) is 2.34. The van der Waals surface area contributed by atoms with Gasteiger partial charge in [-0.25, -0.2) is 0 Å². The van der Waals surface area contributed by atoms with Gasteiger partial charge in [0.25, 0.3) is 0 Å². The Morgan fingerprint density at radius 1 is 1.32 bits per heavy atom. The summed E-state index contributed by atoms with van der Waals surface area (Å²) in [5, 5.41) is 7.47. The molecule has 0 atom stereocenters. The minimum atomic E-state index is 0.148. The highest BCUT2D eigenvalue weighted by Gasteiger charge is 2.25. The quantitative estimate of drug-likeness (QED) is 0.648. The van der Waals surface area contributed by atoms with Crippen molar-refractivity contribution < 1.29 is 0 Å². The first kappa shape index (κ1) is 14.1. The van der Waals surface area contributed by atoms with E-state index >= 15 is 0 Å². The summed E-state index contributed by atoms with van der Waals surface area (Å²) in [5.41, 5.74) is 9.43. The molecule has 1 aromatic carbocycles. The number of nitrogen functional groups attached to an aromatic ring is 1. The molecule has 1 aliphatic rings. The van der Waals surface area contributed by atoms with Gasteiger partial charge in [0.05, 0.1) is 0 Å². The zero-order chi connectivity index (χ0) is 14.0. The molecule has 0 aliphatic carbocycles. The van der Waals surface area contributed by atoms with E-state index in [2.05, 4.69) is 31.7 Å². The normalized spacial score (nSPS) is 19.3. The van der Waals surface area contributed by atoms with E-state index in [-0.39, 0.29) is 5.84 Å². The summed E-state index contributed by atoms with van der Waals surface area (Å²) >= 11 is 0. The standard InChI is InChI=1S/C16H25N3/c1-12-10-13(15(17)18)4-5-14(12)11-19-8-6-16(2,3)7-9-19/h4-5,10H,6-9,11H2,1-3H3,(H3,17,18). The van der Waals surface area contributed by atoms with Crippen LogP contribution in [-0.4, -0.2) is 23.8 Å². The van der Waals surface area contributed by atoms with Crippen LogP contribution in [0.2, 0.25) is 0 Å². The third-order valence-corrected chi connectivity index (χ3v) is 4.26. The van der Waals surface area contributed by atoms with Gasteiger partial charge in [0, 0.05) is 12.1 Å². The lowest BCUT2D eigenvalue weighted by molar-refractivity contribution is 0.127. The Morgan fingerprint density at radius 2 is 1.95 bits per heavy atom. The molecule has 3 N–H and O–H groups in total. The number of rotatable bonds is 3. The van der Waals surface area contributed by atoms with E-state index in [1.54, 1.807) is 0 Å². The van der Waals surface area contributed by atoms with Crippen LogP contribution in [0.3, 0.4) is 0 Å². The Hall–Kier alpha value is -1.35. The van der Waals surface area contributed by atoms with Crippen molar-refractivity contribution >= 4 is 5.84 Å². The van der Waals surface area contributed by atoms with Gasteiger partial charge in [-0.2, -0.15) is 0 Å². The lowest BCUT2D eigenvalue weighted by Gasteiger charge is -2.37. The SMILES string of the molecule is Cc1cc(C(=N)N)ccc1CN1CCC(C)(C)CC1. The maximum absolute atomic E-state index is 7.47. The van der Waals surface area contributed by atoms with Crippen molar-refractivity contribution in [2.45, 2.75) is 40.2 Å². The molecule has 1 heterocycles. The van der Waals surface area contributed by atoms with Crippen molar-refractivity contribution in [3.8, 4) is 0 Å². The molecule has 2 rings (SSSR count). The van der Waals surface area contributed by atoms with Crippen molar-refractivity contribution in [1.29, 1.82) is 5.41 Å². The first-order valence-electron chi connectivity index (χ1n) is 7.04. The minimum Gasteiger partial charge on any atom is -0.384 e. The molecule has 1 aliphatic heterocycles. The second-order valence-corrected chi connectivity index (χ2v) is 6.50. The molecule has 19 heavy (non-hydrogen) atoms. The van der Waals surface area contributed by atoms with Gasteiger partial charge in [-0.1, -0.05) is 26.0 Å². The van der Waals surface area contributed by atoms with Crippen LogP contribution in [0.5, 0.6) is 0 Å². The highest BCUT2D eigenvalue weighted by Crippen LogP contribution is 2.30. The molecular weight excluding hydrogens is 234 g/mol. The predicted molar refractivity (Wildman–Crippen MR) is 80.5 cm³/mol. The molecule has 0 radical (unpaired) electrons. The number of benzene rings is 1. The van der Waals surface area contributed by atoms with E-state index < -0.39 is 0 Å². The van der Waals surface area contributed by atoms with Crippen LogP contribution in [-0.2, 0) is 6.54 Å². The van der Waals surface area contributed by atoms with Gasteiger partial charge in [0.1, 0.15) is 5.84 Å². The maximum Gasteiger partial charge on any atom is 0.122 e. The van der Waals surface area contributed by atoms with Gasteiger partial charge in [-0.05, 0) is 55.5 Å². The summed E-state index contributed by atoms with van der Waals surface area (Å²) in [5.74, 6) is 0.148. The number of hydrogen-bond acceptors (Lipinski definition) is 2. The number of hydrogen-bond donors (Lipinski definition) is 2. The Kier molecular flexibility index (Phi) is 3.95. The van der Waals surface area contributed by atoms with Crippen LogP contribution in [0.25, 0.3) is 0 Å². The first-order chi connectivity index (χ1) is 8.87. The summed E-state index contributed by atoms with van der Waals surface area (Å²) in [6.45, 7) is 10.2. The third kappa shape index (κ3) is 3.57. The van der Waals surface area contributed by atoms with Gasteiger partial charge < -0.3 is 5.73 Å². The number of piperidine rings is 1. The van der Waals surface area contributed by atoms with Crippen LogP contribution in [0.1, 0.15) is 43.4 Å². The maximum atomic E-state index is 7.47. The first-order valence-corrected chi connectivity index (χ1v) is 7.04. The smallest absolute Gasteiger partial charge is 0.122 e. The largest absolute Gasteiger partial charge is 0.384 e. The van der Waals surface area contributed by atoms with Crippen molar-refractivity contribution in [3.05, 3.63) is 34.9 Å². The van der Waals surface area contributed by atoms with E-state index in [1.165, 1.54) is 37.1 Å². The molecule has 0 aromatic heterocycles. The molecule has 0 spiro atoms. The summed E-state index contributed by atoms with van der Waals surface area (Å²) < 4.78 is 0. The zero-order valence-electron chi connectivity index (χ0n) is 12.3. The fourth-order valence-corrected chi connectivity index (χ4v) is 2.60. The molecule has 1 saturated heterocycles. The summed E-state index contributed by atoms with van der Waals surface area (Å²) in [6, 6.07) is 6.09. The molecule has 3 heteroatoms. The summed E-state index contributed by atoms with van der Waals surface area (Å²) in [4.78, 5) is 2.53. The van der Waals surface area contributed by atoms with Gasteiger partial charge in [-0.3, -0.25) is 10.3 Å². The van der Waals surface area contributed by atoms with Gasteiger partial charge in [-0.15, -0.1) is 0 Å². The van der Waals surface area contributed by atoms with Crippen LogP contribution >= 0.6 is 0 Å². The number of nitrogens with two attached hydrogens (primary N) is 1. The summed E-state index contributed by atoms with van der Waals surface area (Å²) in [7, 11) is 0. The van der Waals surface area contributed by atoms with Crippen LogP contribution in [0.4, 0.5) is 0 Å². The summed E-state index contributed by atoms with van der Waals surface area (Å²) in [6.07, 6.45) is 2.55. The minimum absolute atomic E-state index is 0.148. The van der Waals surface area contributed by atoms with E-state index in [4.69, 9.17) is 11.1 Å². The van der Waals surface area contributed by atoms with Gasteiger partial charge in [0.15, 0.2) is 0 Å². The lowest BCUT2D eigenvalue weighted by atomic mass is 9.82. The topological polar surface area (TPSA) is 53.1 Å². The van der Waals surface area contributed by atoms with Crippen molar-refractivity contribution in [2.24, 2.45) is 11.1 Å². The van der Waals surface area contributed by atoms with Gasteiger partial charge >= 0.3 is 0 Å². The van der Waals surface area contributed by atoms with Crippen molar-refractivity contribution in [3.63, 3.8) is 0 Å². The Morgan fingerprint density at radius 3 is 2.47 bits per heavy atom. The predicted octanol–water partition coefficient (Wildman–Crippen LogP) is 2.90. The molecule has 1 fully saturated rings. The fourth-order valence-electron chi connectivity index (χ4n) is 2.60. The van der Waals surface area contributed by atoms with Crippen molar-refractivity contribution in [1.82, 2.24) is 4.90 Å². The highest BCUT2D eigenvalue weighted by atomic mass is 15.1. The van der Waals surface area contributed by atoms with E-state index in [0.717, 1.165) is 12.1 Å². The van der Waals surface area contributed by atoms with E-state index in [1.807, 2.05) is 12.1 Å². The number of nitrogens with one attached hydrogen (secondary N) is 1. The van der Waals surface area contributed by atoms with Gasteiger partial charge in [0.2, 0.25) is 0 Å². The fraction of sp³-hybridized carbons (Fsp3) is 0.562. The highest BCUT2D eigenvalue weighted by molar-refractivity contribution is 5.95. The zero-order valence-corrected chi connectivity index (χ0v) is 12.3. The molecule has 0 amide bonds. The Balaban J connectivity index is 2.02. The number of nitrogens with zero attached hydrogens (tertiary/aromatic N) is 1. The third-order valence-electron chi connectivity index (χ3n) is 4.26. The second-order valence-electron chi connectivity index (χ2n) is 6.50. The lowest BCUT2D eigenvalue weighted by Crippen LogP contribution is -2.36.